The lowest BCUT2D eigenvalue weighted by Crippen LogP contribution is -2.24. The van der Waals surface area contributed by atoms with Crippen molar-refractivity contribution in [2.45, 2.75) is 13.0 Å². The largest absolute Gasteiger partial charge is 0.497 e. The Morgan fingerprint density at radius 2 is 1.71 bits per heavy atom. The molecular formula is C24H19BrO3. The van der Waals surface area contributed by atoms with E-state index < -0.39 is 6.10 Å². The fourth-order valence-electron chi connectivity index (χ4n) is 3.29. The summed E-state index contributed by atoms with van der Waals surface area (Å²) in [6.07, 6.45) is 1.43. The smallest absolute Gasteiger partial charge is 0.196 e. The van der Waals surface area contributed by atoms with Crippen LogP contribution in [0.25, 0.3) is 6.08 Å². The molecule has 0 aromatic heterocycles. The Morgan fingerprint density at radius 1 is 1.00 bits per heavy atom. The van der Waals surface area contributed by atoms with Crippen LogP contribution in [0.3, 0.4) is 0 Å². The molecule has 0 saturated heterocycles. The van der Waals surface area contributed by atoms with Crippen molar-refractivity contribution in [3.05, 3.63) is 99.0 Å². The molecule has 1 aliphatic rings. The molecule has 0 fully saturated rings. The zero-order valence-corrected chi connectivity index (χ0v) is 17.2. The molecule has 3 nitrogen and oxygen atoms in total. The number of halogens is 1. The van der Waals surface area contributed by atoms with Crippen LogP contribution in [0.5, 0.6) is 11.5 Å². The van der Waals surface area contributed by atoms with E-state index in [0.717, 1.165) is 26.9 Å². The average molecular weight is 435 g/mol. The van der Waals surface area contributed by atoms with E-state index in [1.165, 1.54) is 0 Å². The monoisotopic (exact) mass is 434 g/mol. The first-order valence-electron chi connectivity index (χ1n) is 8.98. The van der Waals surface area contributed by atoms with E-state index >= 15 is 0 Å². The number of methoxy groups -OCH3 is 1. The summed E-state index contributed by atoms with van der Waals surface area (Å²) >= 11 is 3.45. The number of carbonyl (C=O) groups is 1. The number of ether oxygens (including phenoxy) is 2. The maximum absolute atomic E-state index is 13.3. The number of carbonyl (C=O) groups excluding carboxylic acids is 1. The number of aryl methyl sites for hydroxylation is 1. The third-order valence-corrected chi connectivity index (χ3v) is 5.31. The van der Waals surface area contributed by atoms with E-state index in [0.29, 0.717) is 16.9 Å². The Kier molecular flexibility index (Phi) is 5.05. The fraction of sp³-hybridized carbons (Fsp3) is 0.125. The summed E-state index contributed by atoms with van der Waals surface area (Å²) in [5.41, 5.74) is 4.12. The third kappa shape index (κ3) is 3.60. The van der Waals surface area contributed by atoms with Crippen molar-refractivity contribution < 1.29 is 14.3 Å². The molecule has 3 aromatic rings. The van der Waals surface area contributed by atoms with Crippen molar-refractivity contribution in [2.75, 3.05) is 7.11 Å². The van der Waals surface area contributed by atoms with Crippen molar-refractivity contribution in [1.29, 1.82) is 0 Å². The second-order valence-electron chi connectivity index (χ2n) is 6.75. The van der Waals surface area contributed by atoms with Crippen LogP contribution >= 0.6 is 15.9 Å². The van der Waals surface area contributed by atoms with Crippen molar-refractivity contribution in [3.8, 4) is 11.5 Å². The highest BCUT2D eigenvalue weighted by Gasteiger charge is 2.33. The van der Waals surface area contributed by atoms with Gasteiger partial charge in [0.25, 0.3) is 0 Å². The minimum atomic E-state index is -0.476. The fourth-order valence-corrected chi connectivity index (χ4v) is 3.55. The number of benzene rings is 3. The lowest BCUT2D eigenvalue weighted by Gasteiger charge is -2.28. The lowest BCUT2D eigenvalue weighted by molar-refractivity contribution is 0.0963. The van der Waals surface area contributed by atoms with Gasteiger partial charge in [0.15, 0.2) is 11.9 Å². The van der Waals surface area contributed by atoms with Crippen molar-refractivity contribution in [3.63, 3.8) is 0 Å². The minimum Gasteiger partial charge on any atom is -0.497 e. The molecule has 4 rings (SSSR count). The molecule has 3 aromatic carbocycles. The number of ketones is 1. The van der Waals surface area contributed by atoms with Crippen molar-refractivity contribution >= 4 is 27.8 Å². The molecular weight excluding hydrogens is 416 g/mol. The first-order chi connectivity index (χ1) is 13.5. The van der Waals surface area contributed by atoms with E-state index in [4.69, 9.17) is 9.47 Å². The molecule has 0 aliphatic carbocycles. The molecule has 1 heterocycles. The molecule has 1 aliphatic heterocycles. The first-order valence-corrected chi connectivity index (χ1v) is 9.77. The van der Waals surface area contributed by atoms with Gasteiger partial charge >= 0.3 is 0 Å². The second kappa shape index (κ2) is 7.64. The van der Waals surface area contributed by atoms with Gasteiger partial charge in [-0.15, -0.1) is 0 Å². The van der Waals surface area contributed by atoms with E-state index in [9.17, 15) is 4.79 Å². The standard InChI is InChI=1S/C24H19BrO3/c1-15-3-12-20-22(13-15)28-24(17-6-10-19(27-2)11-7-17)21(23(20)26)14-16-4-8-18(25)9-5-16/h3-14,24H,1-2H3/b21-14-. The third-order valence-electron chi connectivity index (χ3n) is 4.78. The van der Waals surface area contributed by atoms with Gasteiger partial charge in [-0.3, -0.25) is 4.79 Å². The molecule has 28 heavy (non-hydrogen) atoms. The molecule has 0 radical (unpaired) electrons. The zero-order chi connectivity index (χ0) is 19.7. The highest BCUT2D eigenvalue weighted by atomic mass is 79.9. The summed E-state index contributed by atoms with van der Waals surface area (Å²) in [6, 6.07) is 21.2. The maximum atomic E-state index is 13.3. The van der Waals surface area contributed by atoms with Crippen LogP contribution in [0.4, 0.5) is 0 Å². The second-order valence-corrected chi connectivity index (χ2v) is 7.67. The Bertz CT molecular complexity index is 1050. The van der Waals surface area contributed by atoms with Crippen molar-refractivity contribution in [1.82, 2.24) is 0 Å². The molecule has 0 spiro atoms. The van der Waals surface area contributed by atoms with Gasteiger partial charge in [-0.05, 0) is 66.1 Å². The molecule has 140 valence electrons. The predicted octanol–water partition coefficient (Wildman–Crippen LogP) is 6.17. The van der Waals surface area contributed by atoms with Crippen LogP contribution in [0.2, 0.25) is 0 Å². The van der Waals surface area contributed by atoms with Gasteiger partial charge in [-0.2, -0.15) is 0 Å². The Hall–Kier alpha value is -2.85. The van der Waals surface area contributed by atoms with E-state index in [2.05, 4.69) is 15.9 Å². The molecule has 0 N–H and O–H groups in total. The number of hydrogen-bond acceptors (Lipinski definition) is 3. The van der Waals surface area contributed by atoms with Crippen molar-refractivity contribution in [2.24, 2.45) is 0 Å². The van der Waals surface area contributed by atoms with Crippen LogP contribution in [-0.2, 0) is 0 Å². The SMILES string of the molecule is COc1ccc(C2Oc3cc(C)ccc3C(=O)/C2=C/c2ccc(Br)cc2)cc1. The van der Waals surface area contributed by atoms with Gasteiger partial charge in [0.1, 0.15) is 11.5 Å². The topological polar surface area (TPSA) is 35.5 Å². The summed E-state index contributed by atoms with van der Waals surface area (Å²) < 4.78 is 12.6. The number of hydrogen-bond donors (Lipinski definition) is 0. The van der Waals surface area contributed by atoms with E-state index in [1.807, 2.05) is 79.7 Å². The van der Waals surface area contributed by atoms with E-state index in [1.54, 1.807) is 7.11 Å². The molecule has 1 atom stereocenters. The van der Waals surface area contributed by atoms with Crippen LogP contribution in [0.15, 0.2) is 76.8 Å². The Balaban J connectivity index is 1.83. The highest BCUT2D eigenvalue weighted by Crippen LogP contribution is 2.40. The van der Waals surface area contributed by atoms with Crippen LogP contribution in [0.1, 0.15) is 33.2 Å². The van der Waals surface area contributed by atoms with Crippen LogP contribution in [0, 0.1) is 6.92 Å². The Morgan fingerprint density at radius 3 is 2.39 bits per heavy atom. The van der Waals surface area contributed by atoms with Crippen LogP contribution in [-0.4, -0.2) is 12.9 Å². The van der Waals surface area contributed by atoms with Gasteiger partial charge in [-0.1, -0.05) is 46.3 Å². The predicted molar refractivity (Wildman–Crippen MR) is 114 cm³/mol. The molecule has 0 amide bonds. The van der Waals surface area contributed by atoms with Crippen LogP contribution < -0.4 is 9.47 Å². The summed E-state index contributed by atoms with van der Waals surface area (Å²) in [5, 5.41) is 0. The average Bonchev–Trinajstić information content (AvgIpc) is 2.71. The zero-order valence-electron chi connectivity index (χ0n) is 15.6. The van der Waals surface area contributed by atoms with Gasteiger partial charge in [-0.25, -0.2) is 0 Å². The number of rotatable bonds is 3. The molecule has 1 unspecified atom stereocenters. The highest BCUT2D eigenvalue weighted by molar-refractivity contribution is 9.10. The molecule has 0 bridgehead atoms. The number of fused-ring (bicyclic) bond motifs is 1. The van der Waals surface area contributed by atoms with Gasteiger partial charge in [0.2, 0.25) is 0 Å². The maximum Gasteiger partial charge on any atom is 0.196 e. The lowest BCUT2D eigenvalue weighted by atomic mass is 9.89. The minimum absolute atomic E-state index is 0.00927. The Labute approximate surface area is 172 Å². The molecule has 4 heteroatoms. The van der Waals surface area contributed by atoms with Gasteiger partial charge in [0.05, 0.1) is 12.7 Å². The summed E-state index contributed by atoms with van der Waals surface area (Å²) in [6.45, 7) is 1.99. The first kappa shape index (κ1) is 18.5. The number of Topliss-reactive ketones (excluding diaryl/α,β-unsaturated/α-hetero) is 1. The quantitative estimate of drug-likeness (QED) is 0.462. The van der Waals surface area contributed by atoms with Gasteiger partial charge < -0.3 is 9.47 Å². The van der Waals surface area contributed by atoms with E-state index in [-0.39, 0.29) is 5.78 Å². The summed E-state index contributed by atoms with van der Waals surface area (Å²) in [4.78, 5) is 13.3. The van der Waals surface area contributed by atoms with Gasteiger partial charge in [0, 0.05) is 10.0 Å². The normalized spacial score (nSPS) is 17.2. The summed E-state index contributed by atoms with van der Waals surface area (Å²) in [5.74, 6) is 1.38. The molecule has 0 saturated carbocycles. The summed E-state index contributed by atoms with van der Waals surface area (Å²) in [7, 11) is 1.63.